The van der Waals surface area contributed by atoms with Crippen molar-refractivity contribution in [2.45, 2.75) is 6.54 Å². The molecule has 2 aromatic rings. The Labute approximate surface area is 144 Å². The third-order valence-electron chi connectivity index (χ3n) is 4.17. The molecule has 0 aliphatic carbocycles. The number of carbonyl (C=O) groups excluding carboxylic acids is 1. The number of pyridine rings is 1. The minimum Gasteiger partial charge on any atom is -0.493 e. The number of benzene rings is 1. The maximum absolute atomic E-state index is 12.7. The Morgan fingerprint density at radius 1 is 1.12 bits per heavy atom. The fourth-order valence-corrected chi connectivity index (χ4v) is 3.78. The fraction of sp³-hybridized carbons (Fsp3) is 0.412. The smallest absolute Gasteiger partial charge is 0.259 e. The number of thioether (sulfide) groups is 1. The van der Waals surface area contributed by atoms with Crippen LogP contribution in [0.15, 0.2) is 29.2 Å². The normalized spacial score (nSPS) is 14.7. The highest BCUT2D eigenvalue weighted by Gasteiger charge is 2.18. The van der Waals surface area contributed by atoms with E-state index in [1.165, 1.54) is 4.57 Å². The topological polar surface area (TPSA) is 60.8 Å². The molecule has 0 saturated carbocycles. The predicted octanol–water partition coefficient (Wildman–Crippen LogP) is 1.59. The number of hydrogen-bond acceptors (Lipinski definition) is 5. The minimum absolute atomic E-state index is 0.0165. The van der Waals surface area contributed by atoms with Crippen molar-refractivity contribution >= 4 is 28.4 Å². The third kappa shape index (κ3) is 3.08. The highest BCUT2D eigenvalue weighted by molar-refractivity contribution is 7.99. The van der Waals surface area contributed by atoms with Crippen molar-refractivity contribution in [1.29, 1.82) is 0 Å². The fourth-order valence-electron chi connectivity index (χ4n) is 2.87. The monoisotopic (exact) mass is 348 g/mol. The lowest BCUT2D eigenvalue weighted by Gasteiger charge is -2.26. The molecule has 24 heavy (non-hydrogen) atoms. The first kappa shape index (κ1) is 16.7. The summed E-state index contributed by atoms with van der Waals surface area (Å²) in [6, 6.07) is 5.20. The van der Waals surface area contributed by atoms with Crippen LogP contribution in [0, 0.1) is 0 Å². The first-order valence-electron chi connectivity index (χ1n) is 7.75. The zero-order valence-electron chi connectivity index (χ0n) is 13.8. The van der Waals surface area contributed by atoms with Crippen LogP contribution in [0.2, 0.25) is 0 Å². The number of ether oxygens (including phenoxy) is 2. The third-order valence-corrected chi connectivity index (χ3v) is 5.11. The van der Waals surface area contributed by atoms with Gasteiger partial charge in [0, 0.05) is 36.2 Å². The van der Waals surface area contributed by atoms with Crippen molar-refractivity contribution in [1.82, 2.24) is 9.47 Å². The van der Waals surface area contributed by atoms with Crippen molar-refractivity contribution < 1.29 is 14.3 Å². The summed E-state index contributed by atoms with van der Waals surface area (Å²) in [6.45, 7) is 1.56. The Kier molecular flexibility index (Phi) is 4.99. The lowest BCUT2D eigenvalue weighted by Crippen LogP contribution is -2.41. The van der Waals surface area contributed by atoms with Crippen LogP contribution in [0.1, 0.15) is 0 Å². The second-order valence-electron chi connectivity index (χ2n) is 5.50. The number of hydrogen-bond donors (Lipinski definition) is 0. The molecule has 1 aromatic carbocycles. The molecule has 6 nitrogen and oxygen atoms in total. The number of nitrogens with zero attached hydrogens (tertiary/aromatic N) is 2. The molecular weight excluding hydrogens is 328 g/mol. The number of methoxy groups -OCH3 is 2. The van der Waals surface area contributed by atoms with Gasteiger partial charge in [-0.05, 0) is 18.2 Å². The van der Waals surface area contributed by atoms with Gasteiger partial charge in [-0.2, -0.15) is 11.8 Å². The Bertz CT molecular complexity index is 812. The summed E-state index contributed by atoms with van der Waals surface area (Å²) in [5.41, 5.74) is -0.201. The largest absolute Gasteiger partial charge is 0.493 e. The lowest BCUT2D eigenvalue weighted by atomic mass is 10.1. The van der Waals surface area contributed by atoms with Crippen molar-refractivity contribution in [2.75, 3.05) is 38.8 Å². The van der Waals surface area contributed by atoms with Crippen molar-refractivity contribution in [3.8, 4) is 11.5 Å². The molecule has 0 unspecified atom stereocenters. The average Bonchev–Trinajstić information content (AvgIpc) is 2.63. The number of carbonyl (C=O) groups is 1. The van der Waals surface area contributed by atoms with E-state index in [-0.39, 0.29) is 18.0 Å². The molecule has 0 spiro atoms. The quantitative estimate of drug-likeness (QED) is 0.840. The van der Waals surface area contributed by atoms with E-state index >= 15 is 0 Å². The van der Waals surface area contributed by atoms with Gasteiger partial charge in [0.15, 0.2) is 11.5 Å². The second kappa shape index (κ2) is 7.17. The van der Waals surface area contributed by atoms with E-state index in [1.807, 2.05) is 16.7 Å². The van der Waals surface area contributed by atoms with Crippen molar-refractivity contribution in [3.63, 3.8) is 0 Å². The molecule has 0 N–H and O–H groups in total. The van der Waals surface area contributed by atoms with Gasteiger partial charge in [-0.25, -0.2) is 0 Å². The van der Waals surface area contributed by atoms with Crippen LogP contribution in [0.25, 0.3) is 10.8 Å². The highest BCUT2D eigenvalue weighted by atomic mass is 32.2. The zero-order chi connectivity index (χ0) is 17.1. The number of amides is 1. The van der Waals surface area contributed by atoms with Crippen LogP contribution >= 0.6 is 11.8 Å². The maximum atomic E-state index is 12.7. The van der Waals surface area contributed by atoms with Gasteiger partial charge in [0.2, 0.25) is 5.91 Å². The molecule has 128 valence electrons. The first-order valence-corrected chi connectivity index (χ1v) is 8.91. The summed E-state index contributed by atoms with van der Waals surface area (Å²) in [5, 5.41) is 1.19. The molecule has 3 rings (SSSR count). The Balaban J connectivity index is 1.94. The molecule has 1 aliphatic heterocycles. The highest BCUT2D eigenvalue weighted by Crippen LogP contribution is 2.33. The summed E-state index contributed by atoms with van der Waals surface area (Å²) < 4.78 is 12.1. The second-order valence-corrected chi connectivity index (χ2v) is 6.73. The molecular formula is C17H20N2O4S. The van der Waals surface area contributed by atoms with E-state index in [0.717, 1.165) is 24.6 Å². The standard InChI is InChI=1S/C17H20N2O4S/c1-22-14-4-3-13-12(16(14)23-2)5-6-19(17(13)21)11-15(20)18-7-9-24-10-8-18/h3-6H,7-11H2,1-2H3. The van der Waals surface area contributed by atoms with Gasteiger partial charge in [0.05, 0.1) is 19.6 Å². The molecule has 1 fully saturated rings. The van der Waals surface area contributed by atoms with E-state index < -0.39 is 0 Å². The van der Waals surface area contributed by atoms with Gasteiger partial charge in [-0.3, -0.25) is 9.59 Å². The van der Waals surface area contributed by atoms with Crippen LogP contribution in [-0.4, -0.2) is 54.2 Å². The zero-order valence-corrected chi connectivity index (χ0v) is 14.6. The molecule has 1 aliphatic rings. The molecule has 1 aromatic heterocycles. The number of fused-ring (bicyclic) bond motifs is 1. The Morgan fingerprint density at radius 3 is 2.54 bits per heavy atom. The van der Waals surface area contributed by atoms with Gasteiger partial charge in [-0.15, -0.1) is 0 Å². The van der Waals surface area contributed by atoms with Gasteiger partial charge >= 0.3 is 0 Å². The van der Waals surface area contributed by atoms with Gasteiger partial charge < -0.3 is 18.9 Å². The summed E-state index contributed by atoms with van der Waals surface area (Å²) in [7, 11) is 3.10. The van der Waals surface area contributed by atoms with Gasteiger partial charge in [0.25, 0.3) is 5.56 Å². The first-order chi connectivity index (χ1) is 11.7. The molecule has 1 saturated heterocycles. The van der Waals surface area contributed by atoms with Crippen LogP contribution in [0.5, 0.6) is 11.5 Å². The summed E-state index contributed by atoms with van der Waals surface area (Å²) in [4.78, 5) is 26.9. The van der Waals surface area contributed by atoms with Crippen LogP contribution < -0.4 is 15.0 Å². The molecule has 7 heteroatoms. The maximum Gasteiger partial charge on any atom is 0.259 e. The van der Waals surface area contributed by atoms with E-state index in [2.05, 4.69) is 0 Å². The minimum atomic E-state index is -0.201. The van der Waals surface area contributed by atoms with Crippen molar-refractivity contribution in [3.05, 3.63) is 34.7 Å². The van der Waals surface area contributed by atoms with E-state index in [9.17, 15) is 9.59 Å². The van der Waals surface area contributed by atoms with Crippen molar-refractivity contribution in [2.24, 2.45) is 0 Å². The SMILES string of the molecule is COc1ccc2c(=O)n(CC(=O)N3CCSCC3)ccc2c1OC. The summed E-state index contributed by atoms with van der Waals surface area (Å²) in [6.07, 6.45) is 1.64. The van der Waals surface area contributed by atoms with Crippen LogP contribution in [0.4, 0.5) is 0 Å². The molecule has 2 heterocycles. The predicted molar refractivity (Wildman–Crippen MR) is 95.2 cm³/mol. The van der Waals surface area contributed by atoms with Gasteiger partial charge in [-0.1, -0.05) is 0 Å². The number of rotatable bonds is 4. The molecule has 0 radical (unpaired) electrons. The van der Waals surface area contributed by atoms with Crippen LogP contribution in [-0.2, 0) is 11.3 Å². The molecule has 1 amide bonds. The van der Waals surface area contributed by atoms with E-state index in [0.29, 0.717) is 22.3 Å². The Morgan fingerprint density at radius 2 is 1.88 bits per heavy atom. The lowest BCUT2D eigenvalue weighted by molar-refractivity contribution is -0.131. The van der Waals surface area contributed by atoms with E-state index in [4.69, 9.17) is 9.47 Å². The van der Waals surface area contributed by atoms with E-state index in [1.54, 1.807) is 38.6 Å². The molecule has 0 bridgehead atoms. The van der Waals surface area contributed by atoms with Crippen LogP contribution in [0.3, 0.4) is 0 Å². The molecule has 0 atom stereocenters. The number of aromatic nitrogens is 1. The average molecular weight is 348 g/mol. The van der Waals surface area contributed by atoms with Gasteiger partial charge in [0.1, 0.15) is 6.54 Å². The Hall–Kier alpha value is -2.15. The summed E-state index contributed by atoms with van der Waals surface area (Å²) >= 11 is 1.85. The summed E-state index contributed by atoms with van der Waals surface area (Å²) in [5.74, 6) is 2.99.